The van der Waals surface area contributed by atoms with Gasteiger partial charge in [-0.3, -0.25) is 4.79 Å². The van der Waals surface area contributed by atoms with Crippen molar-refractivity contribution in [2.45, 2.75) is 76.4 Å². The summed E-state index contributed by atoms with van der Waals surface area (Å²) in [4.78, 5) is 13.9. The predicted molar refractivity (Wildman–Crippen MR) is 127 cm³/mol. The second-order valence-electron chi connectivity index (χ2n) is 11.4. The number of carbonyl (C=O) groups excluding carboxylic acids is 1. The largest absolute Gasteiger partial charge is 0.388 e. The van der Waals surface area contributed by atoms with Crippen molar-refractivity contribution in [1.82, 2.24) is 5.32 Å². The molecular weight excluding hydrogens is 414 g/mol. The molecule has 2 saturated heterocycles. The number of fused-ring (bicyclic) bond motifs is 2. The fourth-order valence-corrected chi connectivity index (χ4v) is 7.25. The molecule has 1 unspecified atom stereocenters. The number of benzene rings is 1. The number of amides is 1. The van der Waals surface area contributed by atoms with E-state index in [9.17, 15) is 15.0 Å². The molecular formula is C28H37NO4. The third-order valence-electron chi connectivity index (χ3n) is 8.97. The van der Waals surface area contributed by atoms with Crippen molar-refractivity contribution < 1.29 is 19.7 Å². The van der Waals surface area contributed by atoms with Gasteiger partial charge in [-0.2, -0.15) is 0 Å². The molecule has 5 nitrogen and oxygen atoms in total. The zero-order valence-corrected chi connectivity index (χ0v) is 20.1. The maximum Gasteiger partial charge on any atom is 0.230 e. The summed E-state index contributed by atoms with van der Waals surface area (Å²) < 4.78 is 6.33. The molecule has 1 aromatic carbocycles. The number of hydrogen-bond acceptors (Lipinski definition) is 4. The van der Waals surface area contributed by atoms with Crippen LogP contribution in [-0.4, -0.2) is 45.6 Å². The van der Waals surface area contributed by atoms with Crippen molar-refractivity contribution in [3.63, 3.8) is 0 Å². The minimum absolute atomic E-state index is 0.0902. The molecule has 2 aliphatic carbocycles. The number of carbonyl (C=O) groups is 1. The molecule has 4 aliphatic rings. The van der Waals surface area contributed by atoms with Crippen LogP contribution in [0.3, 0.4) is 0 Å². The normalized spacial score (nSPS) is 50.7. The Balaban J connectivity index is 1.63. The van der Waals surface area contributed by atoms with Gasteiger partial charge in [-0.1, -0.05) is 68.5 Å². The van der Waals surface area contributed by atoms with Crippen LogP contribution in [0.25, 0.3) is 0 Å². The number of ether oxygens (including phenoxy) is 1. The number of aliphatic hydroxyl groups excluding tert-OH is 1. The third kappa shape index (κ3) is 3.51. The van der Waals surface area contributed by atoms with E-state index in [0.29, 0.717) is 12.8 Å². The van der Waals surface area contributed by atoms with Gasteiger partial charge in [-0.15, -0.1) is 0 Å². The standard InChI is InChI=1S/C28H37NO4/c1-17-9-8-12-20-24-27(4,33-24)18(2)23-21(15-19-10-6-5-7-11-19)29-25(31)28(20,23)22(30)13-14-26(3,32)16-17/h5-8,10-14,17-18,20-24,30,32H,9,15-16H2,1-4H3,(H,29,31)/b12-8+,14-13+/t17-,18-,20?,21-,22+,23-,24-,26+,27+,28+/m0/s1. The Labute approximate surface area is 196 Å². The molecule has 10 atom stereocenters. The Hall–Kier alpha value is -1.95. The quantitative estimate of drug-likeness (QED) is 0.475. The molecule has 2 heterocycles. The van der Waals surface area contributed by atoms with Gasteiger partial charge in [-0.25, -0.2) is 0 Å². The van der Waals surface area contributed by atoms with Gasteiger partial charge < -0.3 is 20.3 Å². The Morgan fingerprint density at radius 2 is 1.88 bits per heavy atom. The summed E-state index contributed by atoms with van der Waals surface area (Å²) in [6.45, 7) is 8.23. The van der Waals surface area contributed by atoms with Crippen molar-refractivity contribution in [3.8, 4) is 0 Å². The summed E-state index contributed by atoms with van der Waals surface area (Å²) in [5, 5.41) is 25.9. The molecule has 5 rings (SSSR count). The summed E-state index contributed by atoms with van der Waals surface area (Å²) in [7, 11) is 0. The lowest BCUT2D eigenvalue weighted by molar-refractivity contribution is -0.142. The van der Waals surface area contributed by atoms with E-state index in [1.54, 1.807) is 19.1 Å². The number of epoxide rings is 1. The monoisotopic (exact) mass is 451 g/mol. The van der Waals surface area contributed by atoms with Gasteiger partial charge in [0, 0.05) is 17.9 Å². The molecule has 2 aliphatic heterocycles. The van der Waals surface area contributed by atoms with Crippen LogP contribution in [0.4, 0.5) is 0 Å². The summed E-state index contributed by atoms with van der Waals surface area (Å²) in [6.07, 6.45) is 8.65. The fourth-order valence-electron chi connectivity index (χ4n) is 7.25. The van der Waals surface area contributed by atoms with Gasteiger partial charge in [0.05, 0.1) is 28.8 Å². The van der Waals surface area contributed by atoms with E-state index in [1.807, 2.05) is 18.2 Å². The van der Waals surface area contributed by atoms with E-state index in [-0.39, 0.29) is 47.3 Å². The van der Waals surface area contributed by atoms with E-state index >= 15 is 0 Å². The van der Waals surface area contributed by atoms with Crippen LogP contribution in [0.1, 0.15) is 46.1 Å². The second kappa shape index (κ2) is 7.79. The molecule has 1 saturated carbocycles. The highest BCUT2D eigenvalue weighted by Gasteiger charge is 2.77. The van der Waals surface area contributed by atoms with Crippen molar-refractivity contribution in [2.75, 3.05) is 0 Å². The smallest absolute Gasteiger partial charge is 0.230 e. The third-order valence-corrected chi connectivity index (χ3v) is 8.97. The van der Waals surface area contributed by atoms with Crippen molar-refractivity contribution in [2.24, 2.45) is 29.1 Å². The highest BCUT2D eigenvalue weighted by Crippen LogP contribution is 2.66. The van der Waals surface area contributed by atoms with Crippen LogP contribution in [0, 0.1) is 29.1 Å². The Morgan fingerprint density at radius 1 is 1.15 bits per heavy atom. The Bertz CT molecular complexity index is 971. The maximum absolute atomic E-state index is 13.9. The van der Waals surface area contributed by atoms with E-state index in [2.05, 4.69) is 50.4 Å². The van der Waals surface area contributed by atoms with Crippen LogP contribution in [0.15, 0.2) is 54.6 Å². The molecule has 1 amide bonds. The van der Waals surface area contributed by atoms with Crippen molar-refractivity contribution in [3.05, 3.63) is 60.2 Å². The molecule has 1 spiro atoms. The van der Waals surface area contributed by atoms with Crippen LogP contribution >= 0.6 is 0 Å². The number of rotatable bonds is 2. The molecule has 1 aromatic rings. The molecule has 3 N–H and O–H groups in total. The first-order valence-corrected chi connectivity index (χ1v) is 12.4. The highest BCUT2D eigenvalue weighted by atomic mass is 16.6. The number of aliphatic hydroxyl groups is 2. The summed E-state index contributed by atoms with van der Waals surface area (Å²) in [5.74, 6) is -0.0603. The molecule has 5 heteroatoms. The summed E-state index contributed by atoms with van der Waals surface area (Å²) in [5.41, 5.74) is -1.20. The lowest BCUT2D eigenvalue weighted by atomic mass is 9.51. The molecule has 0 radical (unpaired) electrons. The highest BCUT2D eigenvalue weighted by molar-refractivity contribution is 5.88. The van der Waals surface area contributed by atoms with Crippen molar-refractivity contribution >= 4 is 5.91 Å². The summed E-state index contributed by atoms with van der Waals surface area (Å²) >= 11 is 0. The molecule has 33 heavy (non-hydrogen) atoms. The lowest BCUT2D eigenvalue weighted by Crippen LogP contribution is -2.59. The van der Waals surface area contributed by atoms with Crippen LogP contribution in [-0.2, 0) is 16.0 Å². The van der Waals surface area contributed by atoms with Crippen molar-refractivity contribution in [1.29, 1.82) is 0 Å². The zero-order valence-electron chi connectivity index (χ0n) is 20.1. The fraction of sp³-hybridized carbons (Fsp3) is 0.607. The number of nitrogens with one attached hydrogen (secondary N) is 1. The Kier molecular flexibility index (Phi) is 5.39. The van der Waals surface area contributed by atoms with E-state index in [0.717, 1.165) is 6.42 Å². The average molecular weight is 452 g/mol. The minimum Gasteiger partial charge on any atom is -0.388 e. The van der Waals surface area contributed by atoms with E-state index in [4.69, 9.17) is 4.74 Å². The maximum atomic E-state index is 13.9. The molecule has 3 fully saturated rings. The summed E-state index contributed by atoms with van der Waals surface area (Å²) in [6, 6.07) is 10.1. The van der Waals surface area contributed by atoms with Gasteiger partial charge >= 0.3 is 0 Å². The molecule has 0 bridgehead atoms. The van der Waals surface area contributed by atoms with Gasteiger partial charge in [-0.05, 0) is 50.5 Å². The van der Waals surface area contributed by atoms with Gasteiger partial charge in [0.1, 0.15) is 0 Å². The van der Waals surface area contributed by atoms with Crippen LogP contribution in [0.2, 0.25) is 0 Å². The van der Waals surface area contributed by atoms with Gasteiger partial charge in [0.15, 0.2) is 0 Å². The number of allylic oxidation sites excluding steroid dienone is 1. The van der Waals surface area contributed by atoms with E-state index in [1.165, 1.54) is 5.56 Å². The number of hydrogen-bond donors (Lipinski definition) is 3. The average Bonchev–Trinajstić information content (AvgIpc) is 3.37. The topological polar surface area (TPSA) is 82.1 Å². The van der Waals surface area contributed by atoms with Crippen LogP contribution < -0.4 is 5.32 Å². The van der Waals surface area contributed by atoms with E-state index < -0.39 is 17.1 Å². The van der Waals surface area contributed by atoms with Gasteiger partial charge in [0.2, 0.25) is 5.91 Å². The first-order valence-electron chi connectivity index (χ1n) is 12.4. The second-order valence-corrected chi connectivity index (χ2v) is 11.4. The predicted octanol–water partition coefficient (Wildman–Crippen LogP) is 3.41. The SMILES string of the molecule is C[C@H]1C/C=C/C2[C@@H]3O[C@]3(C)[C@@H](C)[C@H]3[C@H](Cc4ccccc4)NC(=O)[C@@]23[C@H](O)/C=C/[C@@](C)(O)C1. The first kappa shape index (κ1) is 22.8. The lowest BCUT2D eigenvalue weighted by Gasteiger charge is -2.48. The molecule has 0 aromatic heterocycles. The van der Waals surface area contributed by atoms with Crippen LogP contribution in [0.5, 0.6) is 0 Å². The zero-order chi connectivity index (χ0) is 23.6. The Morgan fingerprint density at radius 3 is 2.61 bits per heavy atom. The minimum atomic E-state index is -1.04. The first-order chi connectivity index (χ1) is 15.6. The van der Waals surface area contributed by atoms with Gasteiger partial charge in [0.25, 0.3) is 0 Å². The molecule has 178 valence electrons.